The molecule has 6 nitrogen and oxygen atoms in total. The van der Waals surface area contributed by atoms with Gasteiger partial charge in [-0.3, -0.25) is 4.79 Å². The molecule has 27 heavy (non-hydrogen) atoms. The summed E-state index contributed by atoms with van der Waals surface area (Å²) in [6, 6.07) is 13.5. The van der Waals surface area contributed by atoms with Crippen molar-refractivity contribution in [1.82, 2.24) is 14.9 Å². The third kappa shape index (κ3) is 3.35. The van der Waals surface area contributed by atoms with Gasteiger partial charge in [0.1, 0.15) is 17.3 Å². The number of rotatable bonds is 5. The molecule has 1 amide bonds. The number of imidazole rings is 1. The third-order valence-electron chi connectivity index (χ3n) is 5.13. The van der Waals surface area contributed by atoms with E-state index in [1.807, 2.05) is 47.4 Å². The van der Waals surface area contributed by atoms with Crippen LogP contribution in [0, 0.1) is 0 Å². The van der Waals surface area contributed by atoms with E-state index in [1.165, 1.54) is 0 Å². The van der Waals surface area contributed by atoms with E-state index >= 15 is 0 Å². The minimum absolute atomic E-state index is 0.00542. The molecule has 2 aromatic carbocycles. The first-order valence-corrected chi connectivity index (χ1v) is 9.14. The van der Waals surface area contributed by atoms with Crippen LogP contribution < -0.4 is 9.47 Å². The lowest BCUT2D eigenvalue weighted by Crippen LogP contribution is -2.32. The van der Waals surface area contributed by atoms with E-state index in [0.29, 0.717) is 17.9 Å². The van der Waals surface area contributed by atoms with Gasteiger partial charge in [-0.2, -0.15) is 0 Å². The molecule has 1 aliphatic rings. The van der Waals surface area contributed by atoms with Gasteiger partial charge in [0.25, 0.3) is 0 Å². The maximum Gasteiger partial charge on any atom is 0.227 e. The minimum atomic E-state index is -0.00542. The second-order valence-corrected chi connectivity index (χ2v) is 6.74. The number of aromatic amines is 1. The summed E-state index contributed by atoms with van der Waals surface area (Å²) >= 11 is 0. The largest absolute Gasteiger partial charge is 0.497 e. The van der Waals surface area contributed by atoms with Crippen molar-refractivity contribution in [2.24, 2.45) is 0 Å². The number of nitrogens with one attached hydrogen (secondary N) is 1. The van der Waals surface area contributed by atoms with E-state index in [9.17, 15) is 4.79 Å². The number of ether oxygens (including phenoxy) is 2. The van der Waals surface area contributed by atoms with Crippen LogP contribution in [0.1, 0.15) is 30.3 Å². The first-order valence-electron chi connectivity index (χ1n) is 9.14. The molecule has 140 valence electrons. The molecule has 0 radical (unpaired) electrons. The zero-order valence-electron chi connectivity index (χ0n) is 15.6. The zero-order valence-corrected chi connectivity index (χ0v) is 15.6. The average molecular weight is 365 g/mol. The van der Waals surface area contributed by atoms with Gasteiger partial charge in [-0.1, -0.05) is 18.2 Å². The van der Waals surface area contributed by atoms with Gasteiger partial charge in [0.15, 0.2) is 0 Å². The topological polar surface area (TPSA) is 67.5 Å². The van der Waals surface area contributed by atoms with Crippen molar-refractivity contribution in [2.75, 3.05) is 20.8 Å². The number of nitrogens with zero attached hydrogens (tertiary/aromatic N) is 2. The summed E-state index contributed by atoms with van der Waals surface area (Å²) in [5, 5.41) is 0. The highest BCUT2D eigenvalue weighted by atomic mass is 16.5. The fourth-order valence-electron chi connectivity index (χ4n) is 3.74. The Balaban J connectivity index is 1.56. The van der Waals surface area contributed by atoms with Crippen molar-refractivity contribution in [2.45, 2.75) is 25.3 Å². The molecule has 0 spiro atoms. The van der Waals surface area contributed by atoms with Crippen LogP contribution >= 0.6 is 0 Å². The number of benzene rings is 2. The molecule has 1 atom stereocenters. The lowest BCUT2D eigenvalue weighted by molar-refractivity contribution is -0.131. The number of carbonyl (C=O) groups is 1. The van der Waals surface area contributed by atoms with Crippen molar-refractivity contribution in [3.8, 4) is 11.5 Å². The van der Waals surface area contributed by atoms with Crippen LogP contribution in [0.3, 0.4) is 0 Å². The molecule has 1 fully saturated rings. The molecule has 0 bridgehead atoms. The zero-order chi connectivity index (χ0) is 18.8. The number of likely N-dealkylation sites (tertiary alicyclic amines) is 1. The summed E-state index contributed by atoms with van der Waals surface area (Å²) in [6.07, 6.45) is 2.20. The summed E-state index contributed by atoms with van der Waals surface area (Å²) in [4.78, 5) is 23.0. The first kappa shape index (κ1) is 17.4. The quantitative estimate of drug-likeness (QED) is 0.752. The number of aromatic nitrogens is 2. The van der Waals surface area contributed by atoms with E-state index < -0.39 is 0 Å². The van der Waals surface area contributed by atoms with Gasteiger partial charge in [0, 0.05) is 18.2 Å². The monoisotopic (exact) mass is 365 g/mol. The Bertz CT molecular complexity index is 933. The number of methoxy groups -OCH3 is 2. The standard InChI is InChI=1S/C21H23N3O3/c1-26-15-10-9-14(19(13-15)27-2)12-20(25)24-11-5-8-18(24)21-22-16-6-3-4-7-17(16)23-21/h3-4,6-7,9-10,13,18H,5,8,11-12H2,1-2H3,(H,22,23)/t18-/m0/s1. The fourth-order valence-corrected chi connectivity index (χ4v) is 3.74. The molecular formula is C21H23N3O3. The van der Waals surface area contributed by atoms with E-state index in [1.54, 1.807) is 14.2 Å². The van der Waals surface area contributed by atoms with Crippen molar-refractivity contribution in [3.63, 3.8) is 0 Å². The van der Waals surface area contributed by atoms with Crippen LogP contribution in [0.2, 0.25) is 0 Å². The fraction of sp³-hybridized carbons (Fsp3) is 0.333. The maximum atomic E-state index is 13.0. The molecule has 3 aromatic rings. The van der Waals surface area contributed by atoms with Gasteiger partial charge in [-0.15, -0.1) is 0 Å². The number of H-pyrrole nitrogens is 1. The Morgan fingerprint density at radius 2 is 2.07 bits per heavy atom. The normalized spacial score (nSPS) is 16.7. The number of amides is 1. The summed E-state index contributed by atoms with van der Waals surface area (Å²) in [6.45, 7) is 0.749. The molecule has 0 saturated carbocycles. The lowest BCUT2D eigenvalue weighted by Gasteiger charge is -2.23. The summed E-state index contributed by atoms with van der Waals surface area (Å²) in [5.41, 5.74) is 2.80. The SMILES string of the molecule is COc1ccc(CC(=O)N2CCC[C@H]2c2nc3ccccc3[nH]2)c(OC)c1. The van der Waals surface area contributed by atoms with Crippen molar-refractivity contribution < 1.29 is 14.3 Å². The predicted molar refractivity (Wildman–Crippen MR) is 103 cm³/mol. The van der Waals surface area contributed by atoms with Crippen LogP contribution in [0.15, 0.2) is 42.5 Å². The Morgan fingerprint density at radius 3 is 2.85 bits per heavy atom. The molecule has 2 heterocycles. The number of para-hydroxylation sites is 2. The Labute approximate surface area is 158 Å². The second-order valence-electron chi connectivity index (χ2n) is 6.74. The van der Waals surface area contributed by atoms with Crippen molar-refractivity contribution in [1.29, 1.82) is 0 Å². The molecule has 6 heteroatoms. The van der Waals surface area contributed by atoms with Crippen LogP contribution in [0.25, 0.3) is 11.0 Å². The molecule has 1 aromatic heterocycles. The van der Waals surface area contributed by atoms with E-state index in [4.69, 9.17) is 14.5 Å². The molecule has 1 N–H and O–H groups in total. The smallest absolute Gasteiger partial charge is 0.227 e. The second kappa shape index (κ2) is 7.31. The molecule has 4 rings (SSSR count). The predicted octanol–water partition coefficient (Wildman–Crippen LogP) is 3.49. The Morgan fingerprint density at radius 1 is 1.22 bits per heavy atom. The summed E-state index contributed by atoms with van der Waals surface area (Å²) in [5.74, 6) is 2.33. The van der Waals surface area contributed by atoms with E-state index in [0.717, 1.165) is 41.8 Å². The maximum absolute atomic E-state index is 13.0. The lowest BCUT2D eigenvalue weighted by atomic mass is 10.1. The molecular weight excluding hydrogens is 342 g/mol. The number of hydrogen-bond acceptors (Lipinski definition) is 4. The van der Waals surface area contributed by atoms with Crippen LogP contribution in [0.4, 0.5) is 0 Å². The number of hydrogen-bond donors (Lipinski definition) is 1. The van der Waals surface area contributed by atoms with Gasteiger partial charge in [0.05, 0.1) is 37.7 Å². The number of carbonyl (C=O) groups excluding carboxylic acids is 1. The molecule has 0 unspecified atom stereocenters. The first-order chi connectivity index (χ1) is 13.2. The summed E-state index contributed by atoms with van der Waals surface area (Å²) < 4.78 is 10.7. The van der Waals surface area contributed by atoms with Gasteiger partial charge in [0.2, 0.25) is 5.91 Å². The number of fused-ring (bicyclic) bond motifs is 1. The van der Waals surface area contributed by atoms with Crippen LogP contribution in [-0.2, 0) is 11.2 Å². The van der Waals surface area contributed by atoms with Crippen LogP contribution in [0.5, 0.6) is 11.5 Å². The highest BCUT2D eigenvalue weighted by Crippen LogP contribution is 2.33. The van der Waals surface area contributed by atoms with Gasteiger partial charge < -0.3 is 19.4 Å². The van der Waals surface area contributed by atoms with E-state index in [-0.39, 0.29) is 11.9 Å². The Hall–Kier alpha value is -3.02. The van der Waals surface area contributed by atoms with Gasteiger partial charge in [-0.25, -0.2) is 4.98 Å². The Kier molecular flexibility index (Phi) is 4.71. The van der Waals surface area contributed by atoms with Gasteiger partial charge >= 0.3 is 0 Å². The molecule has 1 aliphatic heterocycles. The summed E-state index contributed by atoms with van der Waals surface area (Å²) in [7, 11) is 3.22. The van der Waals surface area contributed by atoms with Crippen LogP contribution in [-0.4, -0.2) is 41.5 Å². The molecule has 0 aliphatic carbocycles. The van der Waals surface area contributed by atoms with Crippen molar-refractivity contribution in [3.05, 3.63) is 53.9 Å². The van der Waals surface area contributed by atoms with E-state index in [2.05, 4.69) is 4.98 Å². The highest BCUT2D eigenvalue weighted by molar-refractivity contribution is 5.81. The third-order valence-corrected chi connectivity index (χ3v) is 5.13. The minimum Gasteiger partial charge on any atom is -0.497 e. The average Bonchev–Trinajstić information content (AvgIpc) is 3.34. The van der Waals surface area contributed by atoms with Crippen molar-refractivity contribution >= 4 is 16.9 Å². The van der Waals surface area contributed by atoms with Gasteiger partial charge in [-0.05, 0) is 31.0 Å². The molecule has 1 saturated heterocycles. The highest BCUT2D eigenvalue weighted by Gasteiger charge is 2.32.